The summed E-state index contributed by atoms with van der Waals surface area (Å²) in [5.41, 5.74) is 1.66. The first-order chi connectivity index (χ1) is 13.5. The predicted molar refractivity (Wildman–Crippen MR) is 114 cm³/mol. The minimum atomic E-state index is -0.290. The van der Waals surface area contributed by atoms with E-state index in [0.29, 0.717) is 29.6 Å². The molecule has 0 aromatic heterocycles. The van der Waals surface area contributed by atoms with E-state index in [1.807, 2.05) is 56.3 Å². The van der Waals surface area contributed by atoms with Crippen LogP contribution in [0.25, 0.3) is 6.08 Å². The van der Waals surface area contributed by atoms with Crippen molar-refractivity contribution in [2.45, 2.75) is 20.4 Å². The van der Waals surface area contributed by atoms with E-state index in [0.717, 1.165) is 27.4 Å². The number of hydrogen-bond acceptors (Lipinski definition) is 5. The van der Waals surface area contributed by atoms with Crippen molar-refractivity contribution in [1.82, 2.24) is 4.90 Å². The van der Waals surface area contributed by atoms with Crippen molar-refractivity contribution in [2.75, 3.05) is 13.2 Å². The van der Waals surface area contributed by atoms with E-state index < -0.39 is 0 Å². The van der Waals surface area contributed by atoms with Crippen LogP contribution in [-0.2, 0) is 11.3 Å². The molecule has 28 heavy (non-hydrogen) atoms. The van der Waals surface area contributed by atoms with E-state index in [-0.39, 0.29) is 17.7 Å². The number of halogens is 1. The largest absolute Gasteiger partial charge is 0.490 e. The van der Waals surface area contributed by atoms with Gasteiger partial charge >= 0.3 is 0 Å². The highest BCUT2D eigenvalue weighted by molar-refractivity contribution is 9.10. The van der Waals surface area contributed by atoms with Gasteiger partial charge in [-0.05, 0) is 70.9 Å². The van der Waals surface area contributed by atoms with Crippen LogP contribution in [0.2, 0.25) is 0 Å². The maximum Gasteiger partial charge on any atom is 0.293 e. The first-order valence-corrected chi connectivity index (χ1v) is 10.5. The first-order valence-electron chi connectivity index (χ1n) is 8.92. The molecular weight excluding hydrogens is 442 g/mol. The number of rotatable bonds is 7. The van der Waals surface area contributed by atoms with Gasteiger partial charge in [0, 0.05) is 0 Å². The zero-order valence-electron chi connectivity index (χ0n) is 15.6. The normalized spacial score (nSPS) is 15.4. The zero-order valence-corrected chi connectivity index (χ0v) is 18.0. The molecule has 2 aromatic carbocycles. The molecule has 0 atom stereocenters. The lowest BCUT2D eigenvalue weighted by atomic mass is 10.1. The van der Waals surface area contributed by atoms with Gasteiger partial charge in [-0.1, -0.05) is 30.3 Å². The van der Waals surface area contributed by atoms with Gasteiger partial charge in [-0.25, -0.2) is 0 Å². The molecule has 1 heterocycles. The summed E-state index contributed by atoms with van der Waals surface area (Å²) in [7, 11) is 0. The number of thioether (sulfide) groups is 1. The summed E-state index contributed by atoms with van der Waals surface area (Å²) in [6.07, 6.45) is 1.71. The van der Waals surface area contributed by atoms with Gasteiger partial charge in [-0.3, -0.25) is 14.5 Å². The molecule has 0 radical (unpaired) electrons. The number of hydrogen-bond donors (Lipinski definition) is 0. The number of carbonyl (C=O) groups is 2. The van der Waals surface area contributed by atoms with Gasteiger partial charge in [0.25, 0.3) is 11.1 Å². The highest BCUT2D eigenvalue weighted by Gasteiger charge is 2.35. The Bertz CT molecular complexity index is 914. The molecule has 0 saturated carbocycles. The van der Waals surface area contributed by atoms with E-state index in [1.54, 1.807) is 6.08 Å². The van der Waals surface area contributed by atoms with E-state index in [2.05, 4.69) is 15.9 Å². The fourth-order valence-corrected chi connectivity index (χ4v) is 4.18. The van der Waals surface area contributed by atoms with Gasteiger partial charge in [-0.2, -0.15) is 0 Å². The summed E-state index contributed by atoms with van der Waals surface area (Å²) >= 11 is 4.44. The maximum absolute atomic E-state index is 12.7. The molecule has 0 unspecified atom stereocenters. The Morgan fingerprint density at radius 1 is 1.07 bits per heavy atom. The van der Waals surface area contributed by atoms with Crippen LogP contribution >= 0.6 is 27.7 Å². The Morgan fingerprint density at radius 3 is 2.46 bits per heavy atom. The van der Waals surface area contributed by atoms with Crippen LogP contribution in [0.1, 0.15) is 25.0 Å². The summed E-state index contributed by atoms with van der Waals surface area (Å²) < 4.78 is 12.0. The molecule has 1 aliphatic rings. The number of ether oxygens (including phenoxy) is 2. The predicted octanol–water partition coefficient (Wildman–Crippen LogP) is 5.48. The molecule has 1 saturated heterocycles. The topological polar surface area (TPSA) is 55.8 Å². The van der Waals surface area contributed by atoms with Crippen molar-refractivity contribution >= 4 is 44.9 Å². The van der Waals surface area contributed by atoms with Crippen LogP contribution in [0, 0.1) is 0 Å². The maximum atomic E-state index is 12.7. The monoisotopic (exact) mass is 461 g/mol. The number of benzene rings is 2. The second-order valence-corrected chi connectivity index (χ2v) is 7.80. The molecular formula is C21H20BrNO4S. The molecule has 0 bridgehead atoms. The van der Waals surface area contributed by atoms with Crippen LogP contribution in [0.4, 0.5) is 4.79 Å². The van der Waals surface area contributed by atoms with E-state index in [1.165, 1.54) is 4.90 Å². The van der Waals surface area contributed by atoms with E-state index >= 15 is 0 Å². The number of carbonyl (C=O) groups excluding carboxylic acids is 2. The van der Waals surface area contributed by atoms with Gasteiger partial charge in [0.05, 0.1) is 29.1 Å². The molecule has 7 heteroatoms. The van der Waals surface area contributed by atoms with E-state index in [4.69, 9.17) is 9.47 Å². The highest BCUT2D eigenvalue weighted by Crippen LogP contribution is 2.39. The summed E-state index contributed by atoms with van der Waals surface area (Å²) in [5, 5.41) is -0.268. The van der Waals surface area contributed by atoms with Crippen molar-refractivity contribution in [3.63, 3.8) is 0 Å². The second-order valence-electron chi connectivity index (χ2n) is 5.95. The SMILES string of the molecule is CCOc1cc(/C=C2/SC(=O)N(Cc3ccccc3)C2=O)cc(Br)c1OCC. The first kappa shape index (κ1) is 20.5. The van der Waals surface area contributed by atoms with Gasteiger partial charge in [0.2, 0.25) is 0 Å². The average molecular weight is 462 g/mol. The van der Waals surface area contributed by atoms with E-state index in [9.17, 15) is 9.59 Å². The third-order valence-corrected chi connectivity index (χ3v) is 5.47. The summed E-state index contributed by atoms with van der Waals surface area (Å²) in [6, 6.07) is 13.1. The third kappa shape index (κ3) is 4.59. The van der Waals surface area contributed by atoms with Crippen LogP contribution in [0.3, 0.4) is 0 Å². The van der Waals surface area contributed by atoms with Crippen molar-refractivity contribution in [3.8, 4) is 11.5 Å². The molecule has 0 aliphatic carbocycles. The molecule has 2 aromatic rings. The van der Waals surface area contributed by atoms with Crippen LogP contribution in [0.15, 0.2) is 51.8 Å². The molecule has 0 N–H and O–H groups in total. The summed E-state index contributed by atoms with van der Waals surface area (Å²) in [4.78, 5) is 26.7. The Kier molecular flexibility index (Phi) is 6.80. The third-order valence-electron chi connectivity index (χ3n) is 3.98. The van der Waals surface area contributed by atoms with Gasteiger partial charge < -0.3 is 9.47 Å². The second kappa shape index (κ2) is 9.30. The smallest absolute Gasteiger partial charge is 0.293 e. The van der Waals surface area contributed by atoms with Gasteiger partial charge in [-0.15, -0.1) is 0 Å². The molecule has 146 valence electrons. The number of amides is 2. The Hall–Kier alpha value is -2.25. The lowest BCUT2D eigenvalue weighted by molar-refractivity contribution is -0.123. The quantitative estimate of drug-likeness (QED) is 0.510. The van der Waals surface area contributed by atoms with Gasteiger partial charge in [0.1, 0.15) is 0 Å². The van der Waals surface area contributed by atoms with Crippen molar-refractivity contribution in [3.05, 3.63) is 63.0 Å². The minimum absolute atomic E-state index is 0.264. The van der Waals surface area contributed by atoms with Crippen molar-refractivity contribution < 1.29 is 19.1 Å². The summed E-state index contributed by atoms with van der Waals surface area (Å²) in [5.74, 6) is 0.925. The molecule has 1 aliphatic heterocycles. The lowest BCUT2D eigenvalue weighted by Gasteiger charge is -2.14. The molecule has 1 fully saturated rings. The van der Waals surface area contributed by atoms with Crippen LogP contribution in [-0.4, -0.2) is 29.3 Å². The molecule has 2 amide bonds. The lowest BCUT2D eigenvalue weighted by Crippen LogP contribution is -2.27. The Morgan fingerprint density at radius 2 is 1.79 bits per heavy atom. The van der Waals surface area contributed by atoms with Crippen molar-refractivity contribution in [2.24, 2.45) is 0 Å². The number of nitrogens with zero attached hydrogens (tertiary/aromatic N) is 1. The fraction of sp³-hybridized carbons (Fsp3) is 0.238. The molecule has 3 rings (SSSR count). The minimum Gasteiger partial charge on any atom is -0.490 e. The standard InChI is InChI=1S/C21H20BrNO4S/c1-3-26-17-11-15(10-16(22)19(17)27-4-2)12-18-20(24)23(21(25)28-18)13-14-8-6-5-7-9-14/h5-12H,3-4,13H2,1-2H3/b18-12+. The molecule has 5 nitrogen and oxygen atoms in total. The Labute approximate surface area is 176 Å². The van der Waals surface area contributed by atoms with Crippen LogP contribution < -0.4 is 9.47 Å². The summed E-state index contributed by atoms with van der Waals surface area (Å²) in [6.45, 7) is 5.06. The zero-order chi connectivity index (χ0) is 20.1. The average Bonchev–Trinajstić information content (AvgIpc) is 2.93. The fourth-order valence-electron chi connectivity index (χ4n) is 2.77. The van der Waals surface area contributed by atoms with Gasteiger partial charge in [0.15, 0.2) is 11.5 Å². The van der Waals surface area contributed by atoms with Crippen LogP contribution in [0.5, 0.6) is 11.5 Å². The number of imide groups is 1. The Balaban J connectivity index is 1.87. The molecule has 0 spiro atoms. The highest BCUT2D eigenvalue weighted by atomic mass is 79.9. The van der Waals surface area contributed by atoms with Crippen molar-refractivity contribution in [1.29, 1.82) is 0 Å².